The van der Waals surface area contributed by atoms with Gasteiger partial charge in [-0.2, -0.15) is 0 Å². The van der Waals surface area contributed by atoms with E-state index in [2.05, 4.69) is 157 Å². The smallest absolute Gasteiger partial charge is 0.412 e. The zero-order chi connectivity index (χ0) is 93.4. The van der Waals surface area contributed by atoms with Crippen LogP contribution in [0, 0.1) is 112 Å². The van der Waals surface area contributed by atoms with Crippen LogP contribution in [0.5, 0.6) is 5.75 Å². The molecule has 8 saturated carbocycles. The second-order valence-corrected chi connectivity index (χ2v) is 41.6. The third-order valence-electron chi connectivity index (χ3n) is 28.8. The normalized spacial score (nSPS) is 27.0. The lowest BCUT2D eigenvalue weighted by Crippen LogP contribution is -2.42. The summed E-state index contributed by atoms with van der Waals surface area (Å²) >= 11 is 0. The Hall–Kier alpha value is -8.03. The summed E-state index contributed by atoms with van der Waals surface area (Å²) in [5.74, 6) is 11.3. The fraction of sp³-hybridized carbons (Fsp3) is 0.716. The van der Waals surface area contributed by atoms with Crippen molar-refractivity contribution in [2.75, 3.05) is 29.1 Å². The molecular weight excluding hydrogens is 1620 g/mol. The van der Waals surface area contributed by atoms with Gasteiger partial charge in [0.1, 0.15) is 42.4 Å². The van der Waals surface area contributed by atoms with Gasteiger partial charge in [-0.15, -0.1) is 0 Å². The van der Waals surface area contributed by atoms with E-state index in [1.807, 2.05) is 91.9 Å². The molecular formula is C109H176N6O14. The Bertz CT molecular complexity index is 3850. The molecule has 4 aromatic rings. The Balaban J connectivity index is 0.000000238. The first kappa shape index (κ1) is 110. The average Bonchev–Trinajstić information content (AvgIpc) is 0.859. The Morgan fingerprint density at radius 2 is 0.643 bits per heavy atom. The fourth-order valence-corrected chi connectivity index (χ4v) is 20.9. The van der Waals surface area contributed by atoms with Crippen LogP contribution >= 0.6 is 0 Å². The van der Waals surface area contributed by atoms with E-state index >= 15 is 0 Å². The van der Waals surface area contributed by atoms with E-state index in [0.717, 1.165) is 94.8 Å². The van der Waals surface area contributed by atoms with E-state index in [1.165, 1.54) is 110 Å². The molecule has 18 unspecified atom stereocenters. The minimum absolute atomic E-state index is 0. The fourth-order valence-electron chi connectivity index (χ4n) is 20.9. The van der Waals surface area contributed by atoms with E-state index in [0.29, 0.717) is 154 Å². The van der Waals surface area contributed by atoms with Crippen LogP contribution in [0.25, 0.3) is 0 Å². The molecule has 20 heteroatoms. The number of para-hydroxylation sites is 4. The van der Waals surface area contributed by atoms with Gasteiger partial charge in [-0.1, -0.05) is 282 Å². The summed E-state index contributed by atoms with van der Waals surface area (Å²) in [5.41, 5.74) is 3.54. The maximum atomic E-state index is 12.3. The summed E-state index contributed by atoms with van der Waals surface area (Å²) in [6.45, 7) is 45.4. The minimum atomic E-state index is -0.469. The number of hydrogen-bond donors (Lipinski definition) is 6. The number of alkyl carbamates (subject to hydrolysis) is 3. The van der Waals surface area contributed by atoms with Crippen molar-refractivity contribution in [3.8, 4) is 5.75 Å². The summed E-state index contributed by atoms with van der Waals surface area (Å²) in [7, 11) is 0. The van der Waals surface area contributed by atoms with Gasteiger partial charge < -0.3 is 49.1 Å². The van der Waals surface area contributed by atoms with Crippen molar-refractivity contribution < 1.29 is 66.7 Å². The second-order valence-electron chi connectivity index (χ2n) is 41.6. The molecule has 0 spiro atoms. The second kappa shape index (κ2) is 58.1. The first-order chi connectivity index (χ1) is 61.1. The highest BCUT2D eigenvalue weighted by atomic mass is 16.6. The summed E-state index contributed by atoms with van der Waals surface area (Å²) < 4.78 is 40.0. The van der Waals surface area contributed by atoms with Crippen LogP contribution in [0.15, 0.2) is 109 Å². The van der Waals surface area contributed by atoms with Gasteiger partial charge in [-0.3, -0.25) is 20.7 Å². The van der Waals surface area contributed by atoms with E-state index in [4.69, 9.17) is 33.2 Å². The lowest BCUT2D eigenvalue weighted by atomic mass is 9.75. The SMILES string of the molecule is C.CC(=O)c1ccccc1NC(=O)OC1CC(C)CCC1C(C)C.CC1CCC(C(C)C)C(OC(=O)NC2CCCCC2)C1.CC1CCC(C(C)C)C(OC(=O)NCC2CCCCC2)C1.CC1CCC(C(C)C)C(OC(=O)NCc2ccccc2)C1.CC1CCC(C(C)C)C(OC(=O)Nc2ccccc2)C1.CCOc1ccccc1NC(=O)OC1CC(C)CCC1C(C)C. The van der Waals surface area contributed by atoms with Crippen LogP contribution in [0.2, 0.25) is 0 Å². The van der Waals surface area contributed by atoms with Crippen LogP contribution in [0.1, 0.15) is 342 Å². The molecule has 8 aliphatic carbocycles. The van der Waals surface area contributed by atoms with Crippen LogP contribution in [-0.4, -0.2) is 98.2 Å². The molecule has 0 heterocycles. The predicted molar refractivity (Wildman–Crippen MR) is 526 cm³/mol. The zero-order valence-corrected chi connectivity index (χ0v) is 82.5. The van der Waals surface area contributed by atoms with Crippen molar-refractivity contribution in [3.63, 3.8) is 0 Å². The van der Waals surface area contributed by atoms with E-state index < -0.39 is 6.09 Å². The third kappa shape index (κ3) is 39.7. The Labute approximate surface area is 780 Å². The maximum Gasteiger partial charge on any atom is 0.412 e. The van der Waals surface area contributed by atoms with Gasteiger partial charge in [0.25, 0.3) is 0 Å². The number of nitrogens with one attached hydrogen (secondary N) is 6. The molecule has 20 nitrogen and oxygen atoms in total. The highest BCUT2D eigenvalue weighted by Gasteiger charge is 2.40. The third-order valence-corrected chi connectivity index (χ3v) is 28.8. The first-order valence-electron chi connectivity index (χ1n) is 50.3. The monoisotopic (exact) mass is 1790 g/mol. The zero-order valence-electron chi connectivity index (χ0n) is 82.5. The quantitative estimate of drug-likeness (QED) is 0.0298. The standard InChI is InChI=1S/C19H27NO3.C19H29NO3.C18H33NO2.C18H27NO2.C17H31NO2.C17H25NO2.CH4/c1-12(2)15-10-9-13(3)11-18(15)23-19(22)20-17-8-6-5-7-16(17)14(4)21;1-5-22-17-9-7-6-8-16(17)20-19(21)23-18-12-14(4)10-11-15(18)13(2)3;2*1-13(2)16-10-9-14(3)11-17(16)21-18(20)19-12-15-7-5-4-6-8-15;2*1-12(2)15-10-9-13(3)11-16(15)20-17(19)18-14-7-5-4-6-8-14;/h5-8,12-13,15,18H,9-11H2,1-4H3,(H,20,22);6-9,13-15,18H,5,10-12H2,1-4H3,(H,20,21);13-17H,4-12H2,1-3H3,(H,19,20);4-8,13-14,16-17H,9-12H2,1-3H3,(H,19,20);12-16H,4-11H2,1-3H3,(H,18,19);4-8,12-13,15-16H,9-11H2,1-3H3,(H,18,19);1H4. The number of carbonyl (C=O) groups is 7. The molecule has 6 N–H and O–H groups in total. The average molecular weight is 1790 g/mol. The summed E-state index contributed by atoms with van der Waals surface area (Å²) in [6.07, 6.45) is 31.2. The highest BCUT2D eigenvalue weighted by Crippen LogP contribution is 2.42. The first-order valence-corrected chi connectivity index (χ1v) is 50.3. The van der Waals surface area contributed by atoms with Crippen molar-refractivity contribution in [1.82, 2.24) is 16.0 Å². The van der Waals surface area contributed by atoms with E-state index in [-0.39, 0.29) is 80.3 Å². The van der Waals surface area contributed by atoms with Gasteiger partial charge in [0, 0.05) is 30.4 Å². The number of amides is 6. The van der Waals surface area contributed by atoms with Gasteiger partial charge in [-0.05, 0) is 271 Å². The molecule has 726 valence electrons. The molecule has 0 radical (unpaired) electrons. The molecule has 6 amide bonds. The number of carbonyl (C=O) groups excluding carboxylic acids is 7. The lowest BCUT2D eigenvalue weighted by molar-refractivity contribution is 0.00415. The number of hydrogen-bond acceptors (Lipinski definition) is 14. The molecule has 4 aromatic carbocycles. The topological polar surface area (TPSA) is 256 Å². The van der Waals surface area contributed by atoms with Gasteiger partial charge >= 0.3 is 36.6 Å². The van der Waals surface area contributed by atoms with Crippen molar-refractivity contribution in [3.05, 3.63) is 120 Å². The van der Waals surface area contributed by atoms with Crippen molar-refractivity contribution in [2.24, 2.45) is 112 Å². The van der Waals surface area contributed by atoms with Crippen LogP contribution < -0.4 is 36.6 Å². The summed E-state index contributed by atoms with van der Waals surface area (Å²) in [4.78, 5) is 84.5. The molecule has 0 saturated heterocycles. The van der Waals surface area contributed by atoms with Crippen molar-refractivity contribution in [2.45, 2.75) is 375 Å². The molecule has 129 heavy (non-hydrogen) atoms. The van der Waals surface area contributed by atoms with E-state index in [9.17, 15) is 33.6 Å². The van der Waals surface area contributed by atoms with Gasteiger partial charge in [0.15, 0.2) is 5.78 Å². The number of ketones is 1. The van der Waals surface area contributed by atoms with Gasteiger partial charge in [-0.25, -0.2) is 28.8 Å². The number of rotatable bonds is 23. The molecule has 0 aromatic heterocycles. The van der Waals surface area contributed by atoms with Gasteiger partial charge in [0.05, 0.1) is 18.0 Å². The van der Waals surface area contributed by atoms with Crippen LogP contribution in [-0.2, 0) is 35.0 Å². The maximum absolute atomic E-state index is 12.3. The molecule has 0 aliphatic heterocycles. The largest absolute Gasteiger partial charge is 0.492 e. The Morgan fingerprint density at radius 3 is 1.02 bits per heavy atom. The number of anilines is 3. The number of ether oxygens (including phenoxy) is 7. The lowest BCUT2D eigenvalue weighted by Gasteiger charge is -2.37. The summed E-state index contributed by atoms with van der Waals surface area (Å²) in [6, 6.07) is 34.2. The Kier molecular flexibility index (Phi) is 49.4. The van der Waals surface area contributed by atoms with Crippen LogP contribution in [0.3, 0.4) is 0 Å². The Morgan fingerprint density at radius 1 is 0.333 bits per heavy atom. The predicted octanol–water partition coefficient (Wildman–Crippen LogP) is 29.0. The molecule has 8 fully saturated rings. The molecule has 0 bridgehead atoms. The molecule has 18 atom stereocenters. The molecule has 8 aliphatic rings. The molecule has 12 rings (SSSR count). The van der Waals surface area contributed by atoms with Crippen LogP contribution in [0.4, 0.5) is 45.8 Å². The summed E-state index contributed by atoms with van der Waals surface area (Å²) in [5, 5.41) is 17.3. The van der Waals surface area contributed by atoms with Gasteiger partial charge in [0.2, 0.25) is 0 Å². The van der Waals surface area contributed by atoms with Crippen molar-refractivity contribution in [1.29, 1.82) is 0 Å². The minimum Gasteiger partial charge on any atom is -0.492 e. The van der Waals surface area contributed by atoms with Crippen molar-refractivity contribution >= 4 is 59.4 Å². The number of benzene rings is 4. The van der Waals surface area contributed by atoms with E-state index in [1.54, 1.807) is 24.3 Å². The highest BCUT2D eigenvalue weighted by molar-refractivity contribution is 6.02. The number of Topliss-reactive ketones (excluding diaryl/α,β-unsaturated/α-hetero) is 1.